The molecule has 3 rings (SSSR count). The number of nitrogens with two attached hydrogens (primary N) is 1. The van der Waals surface area contributed by atoms with Gasteiger partial charge in [-0.1, -0.05) is 18.2 Å². The van der Waals surface area contributed by atoms with Crippen LogP contribution in [0.2, 0.25) is 0 Å². The number of pyridine rings is 1. The van der Waals surface area contributed by atoms with Crippen molar-refractivity contribution in [1.29, 1.82) is 5.26 Å². The molecule has 0 amide bonds. The molecule has 0 aliphatic heterocycles. The Labute approximate surface area is 146 Å². The topological polar surface area (TPSA) is 92.6 Å². The predicted molar refractivity (Wildman–Crippen MR) is 98.5 cm³/mol. The van der Waals surface area contributed by atoms with Crippen LogP contribution in [0.1, 0.15) is 23.2 Å². The second-order valence-corrected chi connectivity index (χ2v) is 5.81. The van der Waals surface area contributed by atoms with Crippen LogP contribution in [0.5, 0.6) is 0 Å². The Kier molecular flexibility index (Phi) is 4.95. The molecule has 0 spiro atoms. The van der Waals surface area contributed by atoms with Crippen molar-refractivity contribution in [3.8, 4) is 11.8 Å². The van der Waals surface area contributed by atoms with Gasteiger partial charge in [0.25, 0.3) is 0 Å². The highest BCUT2D eigenvalue weighted by molar-refractivity contribution is 5.56. The molecule has 0 atom stereocenters. The monoisotopic (exact) mass is 332 g/mol. The highest BCUT2D eigenvalue weighted by atomic mass is 15.3. The molecule has 0 unspecified atom stereocenters. The van der Waals surface area contributed by atoms with Crippen molar-refractivity contribution in [2.24, 2.45) is 0 Å². The largest absolute Gasteiger partial charge is 0.382 e. The van der Waals surface area contributed by atoms with Gasteiger partial charge >= 0.3 is 0 Å². The van der Waals surface area contributed by atoms with Crippen molar-refractivity contribution in [1.82, 2.24) is 14.8 Å². The molecule has 0 aliphatic carbocycles. The SMILES string of the molecule is Cc1ccnc(NCCCc2nn(-c3ccccc3)c(N)c2C#N)c1. The fourth-order valence-corrected chi connectivity index (χ4v) is 2.65. The smallest absolute Gasteiger partial charge is 0.145 e. The van der Waals surface area contributed by atoms with Crippen molar-refractivity contribution in [2.45, 2.75) is 19.8 Å². The third kappa shape index (κ3) is 3.78. The number of nitrogen functional groups attached to an aromatic ring is 1. The molecule has 1 aromatic carbocycles. The Morgan fingerprint density at radius 1 is 1.24 bits per heavy atom. The van der Waals surface area contributed by atoms with E-state index in [2.05, 4.69) is 21.5 Å². The van der Waals surface area contributed by atoms with Crippen molar-refractivity contribution in [3.63, 3.8) is 0 Å². The molecule has 3 aromatic rings. The first-order chi connectivity index (χ1) is 12.2. The van der Waals surface area contributed by atoms with E-state index in [-0.39, 0.29) is 0 Å². The Bertz CT molecular complexity index is 892. The van der Waals surface area contributed by atoms with Gasteiger partial charge in [0.05, 0.1) is 11.4 Å². The van der Waals surface area contributed by atoms with Crippen LogP contribution in [-0.2, 0) is 6.42 Å². The number of aryl methyl sites for hydroxylation is 2. The summed E-state index contributed by atoms with van der Waals surface area (Å²) in [6.45, 7) is 2.78. The molecule has 6 nitrogen and oxygen atoms in total. The summed E-state index contributed by atoms with van der Waals surface area (Å²) < 4.78 is 1.63. The average Bonchev–Trinajstić information content (AvgIpc) is 2.95. The van der Waals surface area contributed by atoms with Crippen LogP contribution < -0.4 is 11.1 Å². The lowest BCUT2D eigenvalue weighted by molar-refractivity contribution is 0.789. The van der Waals surface area contributed by atoms with Crippen molar-refractivity contribution >= 4 is 11.6 Å². The zero-order valence-corrected chi connectivity index (χ0v) is 14.1. The van der Waals surface area contributed by atoms with E-state index >= 15 is 0 Å². The van der Waals surface area contributed by atoms with Gasteiger partial charge in [-0.2, -0.15) is 10.4 Å². The van der Waals surface area contributed by atoms with Gasteiger partial charge in [0.2, 0.25) is 0 Å². The van der Waals surface area contributed by atoms with Gasteiger partial charge in [-0.15, -0.1) is 0 Å². The van der Waals surface area contributed by atoms with Gasteiger partial charge in [-0.25, -0.2) is 9.67 Å². The first-order valence-corrected chi connectivity index (χ1v) is 8.18. The summed E-state index contributed by atoms with van der Waals surface area (Å²) in [5, 5.41) is 17.2. The maximum Gasteiger partial charge on any atom is 0.145 e. The van der Waals surface area contributed by atoms with Gasteiger partial charge in [0.1, 0.15) is 23.3 Å². The van der Waals surface area contributed by atoms with Gasteiger partial charge in [-0.05, 0) is 49.6 Å². The lowest BCUT2D eigenvalue weighted by atomic mass is 10.1. The Morgan fingerprint density at radius 3 is 2.76 bits per heavy atom. The van der Waals surface area contributed by atoms with Crippen LogP contribution in [0.3, 0.4) is 0 Å². The molecule has 2 aromatic heterocycles. The second kappa shape index (κ2) is 7.49. The number of anilines is 2. The number of nitrogens with one attached hydrogen (secondary N) is 1. The number of hydrogen-bond acceptors (Lipinski definition) is 5. The van der Waals surface area contributed by atoms with Crippen LogP contribution in [0, 0.1) is 18.3 Å². The van der Waals surface area contributed by atoms with E-state index in [0.29, 0.717) is 17.8 Å². The normalized spacial score (nSPS) is 10.4. The summed E-state index contributed by atoms with van der Waals surface area (Å²) >= 11 is 0. The number of rotatable bonds is 6. The van der Waals surface area contributed by atoms with Crippen LogP contribution in [0.25, 0.3) is 5.69 Å². The Balaban J connectivity index is 1.67. The first kappa shape index (κ1) is 16.5. The van der Waals surface area contributed by atoms with E-state index in [1.807, 2.05) is 49.4 Å². The minimum absolute atomic E-state index is 0.386. The van der Waals surface area contributed by atoms with Gasteiger partial charge < -0.3 is 11.1 Å². The standard InChI is InChI=1S/C19H20N6/c1-14-9-11-23-18(12-14)22-10-5-8-17-16(13-20)19(21)25(24-17)15-6-3-2-4-7-15/h2-4,6-7,9,11-12H,5,8,10,21H2,1H3,(H,22,23). The van der Waals surface area contributed by atoms with Crippen LogP contribution in [0.4, 0.5) is 11.6 Å². The van der Waals surface area contributed by atoms with E-state index in [1.54, 1.807) is 10.9 Å². The highest BCUT2D eigenvalue weighted by Gasteiger charge is 2.15. The number of nitrogens with zero attached hydrogens (tertiary/aromatic N) is 4. The molecule has 126 valence electrons. The molecule has 3 N–H and O–H groups in total. The van der Waals surface area contributed by atoms with Gasteiger partial charge in [-0.3, -0.25) is 0 Å². The third-order valence-electron chi connectivity index (χ3n) is 3.92. The molecule has 2 heterocycles. The quantitative estimate of drug-likeness (QED) is 0.677. The molecule has 0 radical (unpaired) electrons. The minimum Gasteiger partial charge on any atom is -0.382 e. The van der Waals surface area contributed by atoms with Crippen molar-refractivity contribution in [2.75, 3.05) is 17.6 Å². The van der Waals surface area contributed by atoms with E-state index in [4.69, 9.17) is 5.73 Å². The fraction of sp³-hybridized carbons (Fsp3) is 0.211. The number of aromatic nitrogens is 3. The predicted octanol–water partition coefficient (Wildman–Crippen LogP) is 3.07. The summed E-state index contributed by atoms with van der Waals surface area (Å²) in [5.41, 5.74) is 9.31. The molecule has 0 aliphatic rings. The maximum atomic E-state index is 9.42. The molecule has 25 heavy (non-hydrogen) atoms. The van der Waals surface area contributed by atoms with E-state index in [0.717, 1.165) is 30.2 Å². The van der Waals surface area contributed by atoms with Crippen LogP contribution >= 0.6 is 0 Å². The summed E-state index contributed by atoms with van der Waals surface area (Å²) in [5.74, 6) is 1.24. The number of para-hydroxylation sites is 1. The lowest BCUT2D eigenvalue weighted by Gasteiger charge is -2.05. The number of hydrogen-bond donors (Lipinski definition) is 2. The van der Waals surface area contributed by atoms with Crippen LogP contribution in [0.15, 0.2) is 48.7 Å². The number of nitriles is 1. The molecular formula is C19H20N6. The van der Waals surface area contributed by atoms with Gasteiger partial charge in [0, 0.05) is 12.7 Å². The fourth-order valence-electron chi connectivity index (χ4n) is 2.65. The molecule has 6 heteroatoms. The molecule has 0 saturated carbocycles. The van der Waals surface area contributed by atoms with E-state index < -0.39 is 0 Å². The summed E-state index contributed by atoms with van der Waals surface area (Å²) in [4.78, 5) is 4.27. The van der Waals surface area contributed by atoms with E-state index in [1.165, 1.54) is 5.56 Å². The second-order valence-electron chi connectivity index (χ2n) is 5.81. The lowest BCUT2D eigenvalue weighted by Crippen LogP contribution is -2.05. The summed E-state index contributed by atoms with van der Waals surface area (Å²) in [6, 6.07) is 15.7. The highest BCUT2D eigenvalue weighted by Crippen LogP contribution is 2.21. The maximum absolute atomic E-state index is 9.42. The van der Waals surface area contributed by atoms with Crippen LogP contribution in [-0.4, -0.2) is 21.3 Å². The average molecular weight is 332 g/mol. The number of benzene rings is 1. The molecular weight excluding hydrogens is 312 g/mol. The van der Waals surface area contributed by atoms with E-state index in [9.17, 15) is 5.26 Å². The summed E-state index contributed by atoms with van der Waals surface area (Å²) in [6.07, 6.45) is 3.29. The first-order valence-electron chi connectivity index (χ1n) is 8.18. The van der Waals surface area contributed by atoms with Crippen molar-refractivity contribution < 1.29 is 0 Å². The minimum atomic E-state index is 0.386. The Morgan fingerprint density at radius 2 is 2.04 bits per heavy atom. The van der Waals surface area contributed by atoms with Crippen molar-refractivity contribution in [3.05, 3.63) is 65.5 Å². The zero-order chi connectivity index (χ0) is 17.6. The Hall–Kier alpha value is -3.33. The zero-order valence-electron chi connectivity index (χ0n) is 14.1. The molecule has 0 fully saturated rings. The summed E-state index contributed by atoms with van der Waals surface area (Å²) in [7, 11) is 0. The molecule has 0 saturated heterocycles. The third-order valence-corrected chi connectivity index (χ3v) is 3.92. The van der Waals surface area contributed by atoms with Gasteiger partial charge in [0.15, 0.2) is 0 Å². The molecule has 0 bridgehead atoms.